The van der Waals surface area contributed by atoms with Gasteiger partial charge >= 0.3 is 0 Å². The van der Waals surface area contributed by atoms with Gasteiger partial charge in [0.25, 0.3) is 0 Å². The van der Waals surface area contributed by atoms with Gasteiger partial charge in [-0.25, -0.2) is 0 Å². The molecule has 0 N–H and O–H groups in total. The van der Waals surface area contributed by atoms with E-state index in [2.05, 4.69) is 104 Å². The van der Waals surface area contributed by atoms with Gasteiger partial charge in [-0.1, -0.05) is 55.4 Å². The van der Waals surface area contributed by atoms with Gasteiger partial charge in [0.1, 0.15) is 0 Å². The second-order valence-electron chi connectivity index (χ2n) is 21.4. The molecule has 16 rings (SSSR count). The van der Waals surface area contributed by atoms with Gasteiger partial charge in [-0.2, -0.15) is 0 Å². The van der Waals surface area contributed by atoms with Crippen molar-refractivity contribution in [2.24, 2.45) is 45.3 Å². The van der Waals surface area contributed by atoms with E-state index in [4.69, 9.17) is 19.9 Å². The smallest absolute Gasteiger partial charge is 0.0889 e. The molecule has 266 valence electrons. The predicted molar refractivity (Wildman–Crippen MR) is 206 cm³/mol. The molecule has 0 aliphatic heterocycles. The number of fused-ring (bicyclic) bond motifs is 1. The van der Waals surface area contributed by atoms with Crippen LogP contribution in [0.2, 0.25) is 0 Å². The van der Waals surface area contributed by atoms with E-state index in [-0.39, 0.29) is 10.8 Å². The van der Waals surface area contributed by atoms with Crippen LogP contribution in [0.4, 0.5) is 0 Å². The lowest BCUT2D eigenvalue weighted by atomic mass is 9.36. The molecule has 0 aromatic carbocycles. The van der Waals surface area contributed by atoms with E-state index in [1.165, 1.54) is 71.9 Å². The third-order valence-electron chi connectivity index (χ3n) is 18.5. The number of aromatic nitrogens is 4. The zero-order valence-electron chi connectivity index (χ0n) is 32.4. The van der Waals surface area contributed by atoms with E-state index in [0.717, 1.165) is 34.6 Å². The molecule has 0 radical (unpaired) electrons. The standard InChI is InChI=1S/C48H54N4/c1-45(2)25-9-23-11-39(49-19-29(23)33(45)13-25)41-15-27-31(21-51-41)35-17-37(47(35,5)6)43(27)44-28-16-42(52-22-32(28)36-18-38(44)48(36,7)8)40-12-24-10-26-14-34(46(26,3)4)30(24)20-50-40/h11-12,15-16,19-22,25-26,33-38,43-44H,9-10,13-14,17-18H2,1-8H3/t25?,26?,33?,34?,35?,36?,37?,38?,43-,44-/m1/s1. The first-order valence-electron chi connectivity index (χ1n) is 20.7. The highest BCUT2D eigenvalue weighted by Gasteiger charge is 2.65. The molecule has 8 unspecified atom stereocenters. The third-order valence-corrected chi connectivity index (χ3v) is 18.5. The van der Waals surface area contributed by atoms with E-state index >= 15 is 0 Å². The van der Waals surface area contributed by atoms with Crippen LogP contribution in [0.1, 0.15) is 161 Å². The summed E-state index contributed by atoms with van der Waals surface area (Å²) >= 11 is 0. The first-order chi connectivity index (χ1) is 24.7. The van der Waals surface area contributed by atoms with E-state index in [9.17, 15) is 0 Å². The molecule has 0 amide bonds. The average molecular weight is 687 g/mol. The summed E-state index contributed by atoms with van der Waals surface area (Å²) in [5, 5.41) is 0. The first-order valence-corrected chi connectivity index (χ1v) is 20.7. The maximum atomic E-state index is 5.22. The minimum Gasteiger partial charge on any atom is -0.254 e. The fraction of sp³-hybridized carbons (Fsp3) is 0.583. The molecule has 52 heavy (non-hydrogen) atoms. The average Bonchev–Trinajstić information content (AvgIpc) is 3.14. The van der Waals surface area contributed by atoms with Crippen molar-refractivity contribution < 1.29 is 0 Å². The first kappa shape index (κ1) is 31.0. The summed E-state index contributed by atoms with van der Waals surface area (Å²) in [5.74, 6) is 6.34. The molecule has 12 aliphatic rings. The van der Waals surface area contributed by atoms with E-state index in [0.29, 0.717) is 58.2 Å². The molecular weight excluding hydrogens is 633 g/mol. The minimum atomic E-state index is 0.272. The van der Waals surface area contributed by atoms with Crippen molar-refractivity contribution >= 4 is 0 Å². The summed E-state index contributed by atoms with van der Waals surface area (Å²) < 4.78 is 0. The topological polar surface area (TPSA) is 51.6 Å². The summed E-state index contributed by atoms with van der Waals surface area (Å²) in [6, 6.07) is 9.83. The molecule has 4 aromatic rings. The lowest BCUT2D eigenvalue weighted by molar-refractivity contribution is -0.0648. The van der Waals surface area contributed by atoms with Gasteiger partial charge in [0, 0.05) is 24.8 Å². The zero-order valence-corrected chi connectivity index (χ0v) is 32.4. The lowest BCUT2D eigenvalue weighted by Crippen LogP contribution is -2.57. The quantitative estimate of drug-likeness (QED) is 0.215. The third kappa shape index (κ3) is 3.58. The number of pyridine rings is 4. The molecule has 8 bridgehead atoms. The Bertz CT molecular complexity index is 2100. The van der Waals surface area contributed by atoms with Crippen molar-refractivity contribution in [1.82, 2.24) is 19.9 Å². The van der Waals surface area contributed by atoms with Gasteiger partial charge < -0.3 is 0 Å². The molecule has 4 heteroatoms. The molecule has 4 saturated carbocycles. The zero-order chi connectivity index (χ0) is 35.4. The van der Waals surface area contributed by atoms with Gasteiger partial charge in [-0.15, -0.1) is 0 Å². The largest absolute Gasteiger partial charge is 0.254 e. The SMILES string of the molecule is CC1(C)C2Cc3cc(-c4cc5c(cn4)C4CC([C@@H]5[C@@H]5c6cc(-c7cc8c(cn7)C7CC(C8)C7(C)C)ncc6C6CC5C6(C)C)C4(C)C)ncc3C1C2. The molecular formula is C48H54N4. The Kier molecular flexibility index (Phi) is 5.63. The number of hydrogen-bond donors (Lipinski definition) is 0. The lowest BCUT2D eigenvalue weighted by Gasteiger charge is -2.67. The number of nitrogens with zero attached hydrogens (tertiary/aromatic N) is 4. The fourth-order valence-corrected chi connectivity index (χ4v) is 14.5. The normalized spacial score (nSPS) is 37.4. The molecule has 4 aromatic heterocycles. The fourth-order valence-electron chi connectivity index (χ4n) is 14.5. The predicted octanol–water partition coefficient (Wildman–Crippen LogP) is 11.1. The van der Waals surface area contributed by atoms with Crippen LogP contribution in [0.5, 0.6) is 0 Å². The highest BCUT2D eigenvalue weighted by molar-refractivity contribution is 5.64. The molecule has 4 heterocycles. The summed E-state index contributed by atoms with van der Waals surface area (Å²) in [5.41, 5.74) is 17.8. The molecule has 4 fully saturated rings. The Morgan fingerprint density at radius 3 is 1.12 bits per heavy atom. The second-order valence-corrected chi connectivity index (χ2v) is 21.4. The van der Waals surface area contributed by atoms with Crippen LogP contribution >= 0.6 is 0 Å². The Labute approximate surface area is 310 Å². The number of hydrogen-bond acceptors (Lipinski definition) is 4. The monoisotopic (exact) mass is 686 g/mol. The molecule has 4 nitrogen and oxygen atoms in total. The minimum absolute atomic E-state index is 0.272. The van der Waals surface area contributed by atoms with Crippen LogP contribution < -0.4 is 0 Å². The highest BCUT2D eigenvalue weighted by Crippen LogP contribution is 2.75. The molecule has 0 spiro atoms. The Balaban J connectivity index is 0.970. The maximum Gasteiger partial charge on any atom is 0.0889 e. The summed E-state index contributed by atoms with van der Waals surface area (Å²) in [7, 11) is 0. The van der Waals surface area contributed by atoms with Gasteiger partial charge in [0.15, 0.2) is 0 Å². The van der Waals surface area contributed by atoms with Crippen LogP contribution in [0.3, 0.4) is 0 Å². The molecule has 0 saturated heterocycles. The van der Waals surface area contributed by atoms with Crippen molar-refractivity contribution in [2.45, 2.75) is 129 Å². The van der Waals surface area contributed by atoms with E-state index in [1.54, 1.807) is 11.1 Å². The Morgan fingerprint density at radius 1 is 0.404 bits per heavy atom. The van der Waals surface area contributed by atoms with Crippen molar-refractivity contribution in [3.63, 3.8) is 0 Å². The Morgan fingerprint density at radius 2 is 0.750 bits per heavy atom. The van der Waals surface area contributed by atoms with Crippen molar-refractivity contribution in [3.8, 4) is 22.8 Å². The van der Waals surface area contributed by atoms with Crippen LogP contribution in [0.15, 0.2) is 49.1 Å². The van der Waals surface area contributed by atoms with Crippen LogP contribution in [0, 0.1) is 45.3 Å². The van der Waals surface area contributed by atoms with Gasteiger partial charge in [-0.3, -0.25) is 19.9 Å². The van der Waals surface area contributed by atoms with Gasteiger partial charge in [0.2, 0.25) is 0 Å². The van der Waals surface area contributed by atoms with Crippen molar-refractivity contribution in [2.75, 3.05) is 0 Å². The van der Waals surface area contributed by atoms with Crippen molar-refractivity contribution in [1.29, 1.82) is 0 Å². The summed E-state index contributed by atoms with van der Waals surface area (Å²) in [6.45, 7) is 20.0. The van der Waals surface area contributed by atoms with Crippen LogP contribution in [0.25, 0.3) is 22.8 Å². The summed E-state index contributed by atoms with van der Waals surface area (Å²) in [4.78, 5) is 20.7. The molecule has 10 atom stereocenters. The van der Waals surface area contributed by atoms with Gasteiger partial charge in [0.05, 0.1) is 22.8 Å². The van der Waals surface area contributed by atoms with Crippen LogP contribution in [-0.2, 0) is 12.8 Å². The van der Waals surface area contributed by atoms with Crippen LogP contribution in [-0.4, -0.2) is 19.9 Å². The maximum absolute atomic E-state index is 5.22. The number of rotatable bonds is 3. The second kappa shape index (κ2) is 9.45. The van der Waals surface area contributed by atoms with Gasteiger partial charge in [-0.05, 0) is 188 Å². The Hall–Kier alpha value is -3.40. The van der Waals surface area contributed by atoms with E-state index in [1.807, 2.05) is 0 Å². The highest BCUT2D eigenvalue weighted by atomic mass is 14.8. The van der Waals surface area contributed by atoms with E-state index < -0.39 is 0 Å². The van der Waals surface area contributed by atoms with Crippen molar-refractivity contribution in [3.05, 3.63) is 93.6 Å². The summed E-state index contributed by atoms with van der Waals surface area (Å²) in [6.07, 6.45) is 16.6. The molecule has 12 aliphatic carbocycles.